The quantitative estimate of drug-likeness (QED) is 0.792. The summed E-state index contributed by atoms with van der Waals surface area (Å²) in [7, 11) is 1.82. The van der Waals surface area contributed by atoms with Crippen LogP contribution < -0.4 is 4.90 Å². The van der Waals surface area contributed by atoms with Crippen LogP contribution in [-0.2, 0) is 7.05 Å². The highest BCUT2D eigenvalue weighted by Gasteiger charge is 2.18. The van der Waals surface area contributed by atoms with E-state index in [1.807, 2.05) is 26.2 Å². The minimum Gasteiger partial charge on any atom is -0.304 e. The Morgan fingerprint density at radius 2 is 2.22 bits per heavy atom. The highest BCUT2D eigenvalue weighted by Crippen LogP contribution is 2.15. The summed E-state index contributed by atoms with van der Waals surface area (Å²) in [4.78, 5) is 18.1. The van der Waals surface area contributed by atoms with Crippen LogP contribution in [0, 0.1) is 3.57 Å². The molecule has 0 aliphatic carbocycles. The number of halogens is 1. The van der Waals surface area contributed by atoms with Crippen LogP contribution >= 0.6 is 22.6 Å². The molecule has 0 radical (unpaired) electrons. The summed E-state index contributed by atoms with van der Waals surface area (Å²) in [6, 6.07) is 3.61. The molecule has 0 saturated carbocycles. The van der Waals surface area contributed by atoms with E-state index in [-0.39, 0.29) is 5.91 Å². The molecule has 0 aromatic carbocycles. The van der Waals surface area contributed by atoms with Gasteiger partial charge in [0.05, 0.1) is 11.9 Å². The first-order chi connectivity index (χ1) is 8.61. The van der Waals surface area contributed by atoms with E-state index in [0.29, 0.717) is 12.2 Å². The Morgan fingerprint density at radius 1 is 1.44 bits per heavy atom. The van der Waals surface area contributed by atoms with E-state index in [4.69, 9.17) is 0 Å². The third-order valence-electron chi connectivity index (χ3n) is 2.51. The first-order valence-electron chi connectivity index (χ1n) is 5.54. The Labute approximate surface area is 119 Å². The number of anilines is 1. The Kier molecular flexibility index (Phi) is 3.95. The maximum absolute atomic E-state index is 12.3. The van der Waals surface area contributed by atoms with Gasteiger partial charge in [-0.1, -0.05) is 0 Å². The molecule has 2 aromatic heterocycles. The van der Waals surface area contributed by atoms with Gasteiger partial charge in [-0.25, -0.2) is 4.98 Å². The van der Waals surface area contributed by atoms with Crippen molar-refractivity contribution in [3.8, 4) is 0 Å². The lowest BCUT2D eigenvalue weighted by atomic mass is 10.3. The molecule has 6 heteroatoms. The molecule has 2 heterocycles. The van der Waals surface area contributed by atoms with Gasteiger partial charge in [-0.2, -0.15) is 5.10 Å². The smallest absolute Gasteiger partial charge is 0.276 e. The van der Waals surface area contributed by atoms with Gasteiger partial charge in [0.1, 0.15) is 5.69 Å². The molecule has 0 atom stereocenters. The molecular weight excluding hydrogens is 343 g/mol. The standard InChI is InChI=1S/C12H13IN4O/c1-3-17(10-7-15-16(2)8-10)12(18)11-5-4-9(13)6-14-11/h4-8H,3H2,1-2H3. The lowest BCUT2D eigenvalue weighted by Gasteiger charge is -2.18. The number of hydrogen-bond acceptors (Lipinski definition) is 3. The van der Waals surface area contributed by atoms with Crippen molar-refractivity contribution in [2.75, 3.05) is 11.4 Å². The van der Waals surface area contributed by atoms with Gasteiger partial charge in [-0.05, 0) is 41.6 Å². The minimum absolute atomic E-state index is 0.109. The van der Waals surface area contributed by atoms with E-state index >= 15 is 0 Å². The molecule has 0 aliphatic rings. The predicted octanol–water partition coefficient (Wildman–Crippen LogP) is 2.09. The molecule has 94 valence electrons. The fourth-order valence-corrected chi connectivity index (χ4v) is 1.95. The first kappa shape index (κ1) is 13.0. The highest BCUT2D eigenvalue weighted by molar-refractivity contribution is 14.1. The zero-order chi connectivity index (χ0) is 13.1. The normalized spacial score (nSPS) is 10.4. The predicted molar refractivity (Wildman–Crippen MR) is 77.5 cm³/mol. The van der Waals surface area contributed by atoms with Crippen LogP contribution in [0.1, 0.15) is 17.4 Å². The van der Waals surface area contributed by atoms with Crippen LogP contribution in [0.15, 0.2) is 30.7 Å². The number of carbonyl (C=O) groups excluding carboxylic acids is 1. The average molecular weight is 356 g/mol. The maximum atomic E-state index is 12.3. The van der Waals surface area contributed by atoms with Crippen LogP contribution in [-0.4, -0.2) is 27.2 Å². The minimum atomic E-state index is -0.109. The molecule has 0 aliphatic heterocycles. The van der Waals surface area contributed by atoms with E-state index < -0.39 is 0 Å². The summed E-state index contributed by atoms with van der Waals surface area (Å²) >= 11 is 2.16. The number of rotatable bonds is 3. The monoisotopic (exact) mass is 356 g/mol. The summed E-state index contributed by atoms with van der Waals surface area (Å²) in [5, 5.41) is 4.08. The van der Waals surface area contributed by atoms with Crippen molar-refractivity contribution in [2.24, 2.45) is 7.05 Å². The number of nitrogens with zero attached hydrogens (tertiary/aromatic N) is 4. The molecule has 2 aromatic rings. The lowest BCUT2D eigenvalue weighted by Crippen LogP contribution is -2.31. The van der Waals surface area contributed by atoms with E-state index in [2.05, 4.69) is 32.7 Å². The molecule has 2 rings (SSSR count). The van der Waals surface area contributed by atoms with Crippen molar-refractivity contribution < 1.29 is 4.79 Å². The van der Waals surface area contributed by atoms with Crippen molar-refractivity contribution in [1.29, 1.82) is 0 Å². The molecule has 18 heavy (non-hydrogen) atoms. The van der Waals surface area contributed by atoms with Gasteiger partial charge >= 0.3 is 0 Å². The lowest BCUT2D eigenvalue weighted by molar-refractivity contribution is 0.0983. The van der Waals surface area contributed by atoms with Crippen molar-refractivity contribution >= 4 is 34.2 Å². The second kappa shape index (κ2) is 5.47. The average Bonchev–Trinajstić information content (AvgIpc) is 2.77. The Morgan fingerprint density at radius 3 is 2.72 bits per heavy atom. The van der Waals surface area contributed by atoms with Crippen LogP contribution in [0.5, 0.6) is 0 Å². The molecule has 1 amide bonds. The number of carbonyl (C=O) groups is 1. The van der Waals surface area contributed by atoms with Crippen LogP contribution in [0.2, 0.25) is 0 Å². The number of amides is 1. The van der Waals surface area contributed by atoms with Gasteiger partial charge in [0, 0.05) is 29.6 Å². The van der Waals surface area contributed by atoms with Crippen LogP contribution in [0.4, 0.5) is 5.69 Å². The van der Waals surface area contributed by atoms with Gasteiger partial charge in [-0.15, -0.1) is 0 Å². The van der Waals surface area contributed by atoms with E-state index in [0.717, 1.165) is 9.26 Å². The molecule has 0 unspecified atom stereocenters. The largest absolute Gasteiger partial charge is 0.304 e. The SMILES string of the molecule is CCN(C(=O)c1ccc(I)cn1)c1cnn(C)c1. The summed E-state index contributed by atoms with van der Waals surface area (Å²) in [6.45, 7) is 2.51. The Hall–Kier alpha value is -1.44. The highest BCUT2D eigenvalue weighted by atomic mass is 127. The second-order valence-corrected chi connectivity index (χ2v) is 5.03. The van der Waals surface area contributed by atoms with Gasteiger partial charge in [-0.3, -0.25) is 9.48 Å². The van der Waals surface area contributed by atoms with E-state index in [1.165, 1.54) is 0 Å². The van der Waals surface area contributed by atoms with E-state index in [9.17, 15) is 4.79 Å². The molecule has 0 N–H and O–H groups in total. The second-order valence-electron chi connectivity index (χ2n) is 3.78. The summed E-state index contributed by atoms with van der Waals surface area (Å²) < 4.78 is 2.68. The summed E-state index contributed by atoms with van der Waals surface area (Å²) in [5.41, 5.74) is 1.23. The third kappa shape index (κ3) is 2.69. The molecule has 5 nitrogen and oxygen atoms in total. The molecule has 0 bridgehead atoms. The zero-order valence-electron chi connectivity index (χ0n) is 10.2. The van der Waals surface area contributed by atoms with Gasteiger partial charge in [0.2, 0.25) is 0 Å². The van der Waals surface area contributed by atoms with E-state index in [1.54, 1.807) is 28.0 Å². The van der Waals surface area contributed by atoms with Crippen molar-refractivity contribution in [3.63, 3.8) is 0 Å². The summed E-state index contributed by atoms with van der Waals surface area (Å²) in [5.74, 6) is -0.109. The zero-order valence-corrected chi connectivity index (χ0v) is 12.3. The fraction of sp³-hybridized carbons (Fsp3) is 0.250. The van der Waals surface area contributed by atoms with Crippen molar-refractivity contribution in [3.05, 3.63) is 40.0 Å². The number of pyridine rings is 1. The number of aryl methyl sites for hydroxylation is 1. The Bertz CT molecular complexity index is 549. The number of hydrogen-bond donors (Lipinski definition) is 0. The molecule has 0 saturated heterocycles. The third-order valence-corrected chi connectivity index (χ3v) is 3.15. The molecule has 0 spiro atoms. The molecular formula is C12H13IN4O. The van der Waals surface area contributed by atoms with Crippen molar-refractivity contribution in [1.82, 2.24) is 14.8 Å². The topological polar surface area (TPSA) is 51.0 Å². The van der Waals surface area contributed by atoms with Crippen molar-refractivity contribution in [2.45, 2.75) is 6.92 Å². The first-order valence-corrected chi connectivity index (χ1v) is 6.61. The maximum Gasteiger partial charge on any atom is 0.276 e. The fourth-order valence-electron chi connectivity index (χ4n) is 1.63. The molecule has 0 fully saturated rings. The Balaban J connectivity index is 2.28. The van der Waals surface area contributed by atoms with Gasteiger partial charge in [0.25, 0.3) is 5.91 Å². The summed E-state index contributed by atoms with van der Waals surface area (Å²) in [6.07, 6.45) is 5.17. The van der Waals surface area contributed by atoms with Crippen LogP contribution in [0.3, 0.4) is 0 Å². The number of aromatic nitrogens is 3. The van der Waals surface area contributed by atoms with Gasteiger partial charge < -0.3 is 4.90 Å². The van der Waals surface area contributed by atoms with Crippen LogP contribution in [0.25, 0.3) is 0 Å². The van der Waals surface area contributed by atoms with Gasteiger partial charge in [0.15, 0.2) is 0 Å².